The van der Waals surface area contributed by atoms with Crippen molar-refractivity contribution in [1.82, 2.24) is 9.78 Å². The van der Waals surface area contributed by atoms with Gasteiger partial charge in [-0.1, -0.05) is 0 Å². The molecule has 0 saturated heterocycles. The van der Waals surface area contributed by atoms with Gasteiger partial charge in [-0.05, 0) is 39.0 Å². The van der Waals surface area contributed by atoms with Crippen LogP contribution in [0.25, 0.3) is 0 Å². The van der Waals surface area contributed by atoms with Crippen LogP contribution in [0.15, 0.2) is 30.6 Å². The van der Waals surface area contributed by atoms with Crippen LogP contribution in [-0.4, -0.2) is 34.7 Å². The van der Waals surface area contributed by atoms with Gasteiger partial charge in [-0.25, -0.2) is 0 Å². The lowest BCUT2D eigenvalue weighted by molar-refractivity contribution is 0.269. The molecule has 2 aromatic rings. The van der Waals surface area contributed by atoms with Gasteiger partial charge in [0.15, 0.2) is 0 Å². The van der Waals surface area contributed by atoms with Crippen LogP contribution in [0.5, 0.6) is 11.5 Å². The number of ether oxygens (including phenoxy) is 2. The summed E-state index contributed by atoms with van der Waals surface area (Å²) in [5.74, 6) is 1.68. The molecule has 0 spiro atoms. The summed E-state index contributed by atoms with van der Waals surface area (Å²) in [6.07, 6.45) is 3.62. The van der Waals surface area contributed by atoms with Crippen molar-refractivity contribution in [2.75, 3.05) is 25.1 Å². The van der Waals surface area contributed by atoms with Crippen molar-refractivity contribution in [2.24, 2.45) is 0 Å². The molecule has 6 heteroatoms. The predicted octanol–water partition coefficient (Wildman–Crippen LogP) is 2.85. The van der Waals surface area contributed by atoms with E-state index in [-0.39, 0.29) is 12.6 Å². The molecule has 6 nitrogen and oxygen atoms in total. The van der Waals surface area contributed by atoms with Gasteiger partial charge in [-0.15, -0.1) is 0 Å². The molecule has 2 N–H and O–H groups in total. The molecule has 0 saturated carbocycles. The minimum atomic E-state index is 0.0312. The van der Waals surface area contributed by atoms with Gasteiger partial charge < -0.3 is 19.9 Å². The first-order valence-electron chi connectivity index (χ1n) is 7.97. The highest BCUT2D eigenvalue weighted by Crippen LogP contribution is 2.31. The molecule has 2 rings (SSSR count). The first-order valence-corrected chi connectivity index (χ1v) is 7.97. The SMILES string of the molecule is CCOc1ccc(OCC)c(C(C)Nc2cnn(CCO)c2)c1. The summed E-state index contributed by atoms with van der Waals surface area (Å²) < 4.78 is 13.0. The second-order valence-electron chi connectivity index (χ2n) is 5.15. The maximum atomic E-state index is 8.95. The molecule has 0 aliphatic carbocycles. The fourth-order valence-corrected chi connectivity index (χ4v) is 2.40. The summed E-state index contributed by atoms with van der Waals surface area (Å²) in [4.78, 5) is 0. The van der Waals surface area contributed by atoms with Gasteiger partial charge in [0.25, 0.3) is 0 Å². The van der Waals surface area contributed by atoms with Crippen LogP contribution in [0.1, 0.15) is 32.4 Å². The zero-order valence-corrected chi connectivity index (χ0v) is 14.0. The van der Waals surface area contributed by atoms with Crippen molar-refractivity contribution in [1.29, 1.82) is 0 Å². The number of aromatic nitrogens is 2. The largest absolute Gasteiger partial charge is 0.494 e. The lowest BCUT2D eigenvalue weighted by Gasteiger charge is -2.19. The van der Waals surface area contributed by atoms with E-state index in [2.05, 4.69) is 17.3 Å². The third kappa shape index (κ3) is 4.63. The summed E-state index contributed by atoms with van der Waals surface area (Å²) in [5, 5.41) is 16.6. The number of nitrogens with zero attached hydrogens (tertiary/aromatic N) is 2. The number of hydrogen-bond acceptors (Lipinski definition) is 5. The smallest absolute Gasteiger partial charge is 0.124 e. The number of hydrogen-bond donors (Lipinski definition) is 2. The second kappa shape index (κ2) is 8.43. The van der Waals surface area contributed by atoms with Gasteiger partial charge >= 0.3 is 0 Å². The van der Waals surface area contributed by atoms with Crippen molar-refractivity contribution in [2.45, 2.75) is 33.4 Å². The topological polar surface area (TPSA) is 68.5 Å². The average Bonchev–Trinajstić information content (AvgIpc) is 2.97. The van der Waals surface area contributed by atoms with Crippen molar-refractivity contribution < 1.29 is 14.6 Å². The predicted molar refractivity (Wildman–Crippen MR) is 90.1 cm³/mol. The summed E-state index contributed by atoms with van der Waals surface area (Å²) >= 11 is 0. The fraction of sp³-hybridized carbons (Fsp3) is 0.471. The Kier molecular flexibility index (Phi) is 6.29. The highest BCUT2D eigenvalue weighted by molar-refractivity contribution is 5.47. The van der Waals surface area contributed by atoms with Crippen molar-refractivity contribution in [3.63, 3.8) is 0 Å². The van der Waals surface area contributed by atoms with Gasteiger partial charge in [0.1, 0.15) is 11.5 Å². The van der Waals surface area contributed by atoms with Crippen LogP contribution in [0.2, 0.25) is 0 Å². The van der Waals surface area contributed by atoms with Gasteiger partial charge in [-0.2, -0.15) is 5.10 Å². The third-order valence-electron chi connectivity index (χ3n) is 3.40. The van der Waals surface area contributed by atoms with E-state index in [0.29, 0.717) is 19.8 Å². The molecule has 0 aliphatic rings. The standard InChI is InChI=1S/C17H25N3O3/c1-4-22-15-6-7-17(23-5-2)16(10-15)13(3)19-14-11-18-20(12-14)8-9-21/h6-7,10-13,19,21H,4-5,8-9H2,1-3H3. The zero-order chi connectivity index (χ0) is 16.7. The Bertz CT molecular complexity index is 613. The van der Waals surface area contributed by atoms with Gasteiger partial charge in [-0.3, -0.25) is 4.68 Å². The number of aliphatic hydroxyl groups excluding tert-OH is 1. The van der Waals surface area contributed by atoms with Crippen LogP contribution in [0, 0.1) is 0 Å². The normalized spacial score (nSPS) is 12.0. The number of benzene rings is 1. The minimum absolute atomic E-state index is 0.0312. The molecule has 126 valence electrons. The van der Waals surface area contributed by atoms with Crippen LogP contribution in [0.3, 0.4) is 0 Å². The first-order chi connectivity index (χ1) is 11.2. The van der Waals surface area contributed by atoms with Crippen molar-refractivity contribution in [3.05, 3.63) is 36.2 Å². The van der Waals surface area contributed by atoms with Gasteiger partial charge in [0.05, 0.1) is 44.3 Å². The molecule has 1 heterocycles. The van der Waals surface area contributed by atoms with Crippen LogP contribution in [0.4, 0.5) is 5.69 Å². The summed E-state index contributed by atoms with van der Waals surface area (Å²) in [7, 11) is 0. The van der Waals surface area contributed by atoms with E-state index in [1.165, 1.54) is 0 Å². The molecule has 0 radical (unpaired) electrons. The monoisotopic (exact) mass is 319 g/mol. The second-order valence-corrected chi connectivity index (χ2v) is 5.15. The highest BCUT2D eigenvalue weighted by atomic mass is 16.5. The lowest BCUT2D eigenvalue weighted by atomic mass is 10.1. The molecule has 1 unspecified atom stereocenters. The molecule has 0 bridgehead atoms. The maximum absolute atomic E-state index is 8.95. The van der Waals surface area contributed by atoms with Crippen LogP contribution < -0.4 is 14.8 Å². The Morgan fingerprint density at radius 1 is 1.26 bits per heavy atom. The van der Waals surface area contributed by atoms with Crippen molar-refractivity contribution in [3.8, 4) is 11.5 Å². The average molecular weight is 319 g/mol. The number of nitrogens with one attached hydrogen (secondary N) is 1. The Labute approximate surface area is 137 Å². The quantitative estimate of drug-likeness (QED) is 0.744. The number of anilines is 1. The van der Waals surface area contributed by atoms with E-state index in [4.69, 9.17) is 14.6 Å². The third-order valence-corrected chi connectivity index (χ3v) is 3.40. The Balaban J connectivity index is 2.17. The fourth-order valence-electron chi connectivity index (χ4n) is 2.40. The van der Waals surface area contributed by atoms with E-state index in [1.807, 2.05) is 38.2 Å². The Morgan fingerprint density at radius 3 is 2.74 bits per heavy atom. The molecule has 0 amide bonds. The summed E-state index contributed by atoms with van der Waals surface area (Å²) in [6.45, 7) is 7.80. The minimum Gasteiger partial charge on any atom is -0.494 e. The van der Waals surface area contributed by atoms with Crippen molar-refractivity contribution >= 4 is 5.69 Å². The Morgan fingerprint density at radius 2 is 2.04 bits per heavy atom. The molecule has 1 aromatic carbocycles. The molecular formula is C17H25N3O3. The van der Waals surface area contributed by atoms with E-state index < -0.39 is 0 Å². The van der Waals surface area contributed by atoms with Gasteiger partial charge in [0, 0.05) is 11.8 Å². The zero-order valence-electron chi connectivity index (χ0n) is 14.0. The molecule has 23 heavy (non-hydrogen) atoms. The molecule has 0 fully saturated rings. The summed E-state index contributed by atoms with van der Waals surface area (Å²) in [6, 6.07) is 5.90. The highest BCUT2D eigenvalue weighted by Gasteiger charge is 2.14. The Hall–Kier alpha value is -2.21. The molecular weight excluding hydrogens is 294 g/mol. The maximum Gasteiger partial charge on any atom is 0.124 e. The van der Waals surface area contributed by atoms with E-state index >= 15 is 0 Å². The first kappa shape index (κ1) is 17.1. The van der Waals surface area contributed by atoms with E-state index in [0.717, 1.165) is 22.7 Å². The molecule has 1 atom stereocenters. The van der Waals surface area contributed by atoms with Crippen LogP contribution in [-0.2, 0) is 6.54 Å². The van der Waals surface area contributed by atoms with Crippen LogP contribution >= 0.6 is 0 Å². The van der Waals surface area contributed by atoms with Gasteiger partial charge in [0.2, 0.25) is 0 Å². The van der Waals surface area contributed by atoms with E-state index in [9.17, 15) is 0 Å². The number of aliphatic hydroxyl groups is 1. The molecule has 0 aliphatic heterocycles. The molecule has 1 aromatic heterocycles. The summed E-state index contributed by atoms with van der Waals surface area (Å²) in [5.41, 5.74) is 1.93. The van der Waals surface area contributed by atoms with E-state index in [1.54, 1.807) is 10.9 Å². The lowest BCUT2D eigenvalue weighted by Crippen LogP contribution is -2.09. The number of rotatable bonds is 9.